The van der Waals surface area contributed by atoms with Gasteiger partial charge in [-0.2, -0.15) is 0 Å². The average molecular weight is 377 g/mol. The lowest BCUT2D eigenvalue weighted by atomic mass is 10.0. The third kappa shape index (κ3) is 3.47. The first-order valence-corrected chi connectivity index (χ1v) is 9.81. The maximum atomic E-state index is 13.5. The van der Waals surface area contributed by atoms with Crippen LogP contribution in [-0.2, 0) is 9.53 Å². The van der Waals surface area contributed by atoms with Crippen LogP contribution in [-0.4, -0.2) is 16.6 Å². The third-order valence-electron chi connectivity index (χ3n) is 5.22. The van der Waals surface area contributed by atoms with Gasteiger partial charge in [-0.15, -0.1) is 0 Å². The Morgan fingerprint density at radius 3 is 2.61 bits per heavy atom. The third-order valence-corrected chi connectivity index (χ3v) is 5.22. The zero-order chi connectivity index (χ0) is 19.7. The number of carbonyl (C=O) groups is 1. The van der Waals surface area contributed by atoms with Crippen molar-refractivity contribution in [1.82, 2.24) is 4.57 Å². The van der Waals surface area contributed by atoms with E-state index in [0.717, 1.165) is 40.6 Å². The summed E-state index contributed by atoms with van der Waals surface area (Å²) < 4.78 is 21.3. The lowest BCUT2D eigenvalue weighted by Crippen LogP contribution is -2.21. The molecule has 0 N–H and O–H groups in total. The molecule has 0 amide bonds. The molecule has 1 aliphatic rings. The summed E-state index contributed by atoms with van der Waals surface area (Å²) in [5, 5.41) is 1.13. The minimum absolute atomic E-state index is 0.135. The van der Waals surface area contributed by atoms with Crippen LogP contribution in [0, 0.1) is 5.82 Å². The standard InChI is InChI=1S/C24H24FNO2/c1-16(2)26-21-8-4-3-7-20(21)24(17-10-12-18(25)13-11-17)22(26)15-14-19-6-5-9-23(27)28-19/h3-4,7-8,10-16,19H,5-6,9H2,1-2H3/b15-14+. The van der Waals surface area contributed by atoms with Crippen LogP contribution in [0.1, 0.15) is 44.8 Å². The largest absolute Gasteiger partial charge is 0.458 e. The van der Waals surface area contributed by atoms with E-state index in [4.69, 9.17) is 4.74 Å². The second kappa shape index (κ2) is 7.63. The Bertz CT molecular complexity index is 1030. The molecule has 1 aromatic heterocycles. The van der Waals surface area contributed by atoms with Gasteiger partial charge in [0.25, 0.3) is 0 Å². The predicted molar refractivity (Wildman–Crippen MR) is 110 cm³/mol. The second-order valence-electron chi connectivity index (χ2n) is 7.53. The smallest absolute Gasteiger partial charge is 0.306 e. The number of nitrogens with zero attached hydrogens (tertiary/aromatic N) is 1. The molecule has 0 bridgehead atoms. The fraction of sp³-hybridized carbons (Fsp3) is 0.292. The number of carbonyl (C=O) groups excluding carboxylic acids is 1. The molecule has 3 aromatic rings. The summed E-state index contributed by atoms with van der Waals surface area (Å²) in [6, 6.07) is 15.1. The van der Waals surface area contributed by atoms with Gasteiger partial charge in [0, 0.05) is 34.6 Å². The SMILES string of the molecule is CC(C)n1c(/C=C/C2CCCC(=O)O2)c(-c2ccc(F)cc2)c2ccccc21. The molecule has 1 atom stereocenters. The molecule has 2 aromatic carbocycles. The molecule has 1 aliphatic heterocycles. The van der Waals surface area contributed by atoms with Gasteiger partial charge >= 0.3 is 5.97 Å². The van der Waals surface area contributed by atoms with Crippen molar-refractivity contribution in [3.8, 4) is 11.1 Å². The van der Waals surface area contributed by atoms with Gasteiger partial charge in [-0.05, 0) is 62.6 Å². The fourth-order valence-corrected chi connectivity index (χ4v) is 3.99. The minimum atomic E-state index is -0.248. The molecule has 1 unspecified atom stereocenters. The molecular weight excluding hydrogens is 353 g/mol. The first-order valence-electron chi connectivity index (χ1n) is 9.81. The molecule has 4 heteroatoms. The monoisotopic (exact) mass is 377 g/mol. The molecule has 3 nitrogen and oxygen atoms in total. The van der Waals surface area contributed by atoms with Crippen LogP contribution in [0.25, 0.3) is 28.1 Å². The quantitative estimate of drug-likeness (QED) is 0.512. The van der Waals surface area contributed by atoms with Gasteiger partial charge in [0.05, 0.1) is 0 Å². The van der Waals surface area contributed by atoms with Crippen LogP contribution in [0.15, 0.2) is 54.6 Å². The Kier molecular flexibility index (Phi) is 5.03. The van der Waals surface area contributed by atoms with Gasteiger partial charge in [0.1, 0.15) is 11.9 Å². The van der Waals surface area contributed by atoms with Crippen LogP contribution in [0.3, 0.4) is 0 Å². The van der Waals surface area contributed by atoms with Crippen molar-refractivity contribution in [2.45, 2.75) is 45.3 Å². The highest BCUT2D eigenvalue weighted by atomic mass is 19.1. The lowest BCUT2D eigenvalue weighted by Gasteiger charge is -2.19. The minimum Gasteiger partial charge on any atom is -0.458 e. The predicted octanol–water partition coefficient (Wildman–Crippen LogP) is 6.14. The Morgan fingerprint density at radius 2 is 1.89 bits per heavy atom. The van der Waals surface area contributed by atoms with Gasteiger partial charge in [-0.25, -0.2) is 4.39 Å². The first-order chi connectivity index (χ1) is 13.5. The molecule has 4 rings (SSSR count). The van der Waals surface area contributed by atoms with Crippen molar-refractivity contribution in [2.24, 2.45) is 0 Å². The summed E-state index contributed by atoms with van der Waals surface area (Å²) >= 11 is 0. The van der Waals surface area contributed by atoms with E-state index in [2.05, 4.69) is 36.6 Å². The summed E-state index contributed by atoms with van der Waals surface area (Å²) in [6.45, 7) is 4.30. The maximum absolute atomic E-state index is 13.5. The van der Waals surface area contributed by atoms with E-state index in [0.29, 0.717) is 6.42 Å². The highest BCUT2D eigenvalue weighted by Gasteiger charge is 2.21. The molecule has 2 heterocycles. The van der Waals surface area contributed by atoms with E-state index in [-0.39, 0.29) is 23.9 Å². The zero-order valence-corrected chi connectivity index (χ0v) is 16.2. The second-order valence-corrected chi connectivity index (χ2v) is 7.53. The molecule has 1 fully saturated rings. The van der Waals surface area contributed by atoms with Crippen molar-refractivity contribution < 1.29 is 13.9 Å². The highest BCUT2D eigenvalue weighted by Crippen LogP contribution is 2.38. The number of halogens is 1. The van der Waals surface area contributed by atoms with Crippen LogP contribution in [0.2, 0.25) is 0 Å². The molecule has 1 saturated heterocycles. The summed E-state index contributed by atoms with van der Waals surface area (Å²) in [4.78, 5) is 11.6. The Hall–Kier alpha value is -2.88. The van der Waals surface area contributed by atoms with Crippen molar-refractivity contribution in [2.75, 3.05) is 0 Å². The van der Waals surface area contributed by atoms with E-state index in [1.165, 1.54) is 12.1 Å². The van der Waals surface area contributed by atoms with E-state index >= 15 is 0 Å². The first kappa shape index (κ1) is 18.5. The van der Waals surface area contributed by atoms with E-state index in [1.807, 2.05) is 30.3 Å². The summed E-state index contributed by atoms with van der Waals surface area (Å²) in [6.07, 6.45) is 6.04. The molecule has 28 heavy (non-hydrogen) atoms. The van der Waals surface area contributed by atoms with Gasteiger partial charge in [0.15, 0.2) is 0 Å². The van der Waals surface area contributed by atoms with Crippen molar-refractivity contribution >= 4 is 22.9 Å². The van der Waals surface area contributed by atoms with E-state index < -0.39 is 0 Å². The molecule has 0 radical (unpaired) electrons. The normalized spacial score (nSPS) is 17.6. The van der Waals surface area contributed by atoms with E-state index in [1.54, 1.807) is 0 Å². The topological polar surface area (TPSA) is 31.2 Å². The fourth-order valence-electron chi connectivity index (χ4n) is 3.99. The Labute approximate surface area is 164 Å². The molecule has 0 saturated carbocycles. The zero-order valence-electron chi connectivity index (χ0n) is 16.2. The van der Waals surface area contributed by atoms with Crippen LogP contribution in [0.4, 0.5) is 4.39 Å². The molecule has 0 spiro atoms. The molecular formula is C24H24FNO2. The number of para-hydroxylation sites is 1. The number of esters is 1. The summed E-state index contributed by atoms with van der Waals surface area (Å²) in [5.41, 5.74) is 4.22. The molecule has 0 aliphatic carbocycles. The average Bonchev–Trinajstić information content (AvgIpc) is 3.01. The number of hydrogen-bond acceptors (Lipinski definition) is 2. The number of ether oxygens (including phenoxy) is 1. The van der Waals surface area contributed by atoms with E-state index in [9.17, 15) is 9.18 Å². The van der Waals surface area contributed by atoms with Crippen LogP contribution >= 0.6 is 0 Å². The number of benzene rings is 2. The summed E-state index contributed by atoms with van der Waals surface area (Å²) in [5.74, 6) is -0.383. The number of cyclic esters (lactones) is 1. The van der Waals surface area contributed by atoms with Crippen molar-refractivity contribution in [1.29, 1.82) is 0 Å². The van der Waals surface area contributed by atoms with Gasteiger partial charge in [-0.3, -0.25) is 4.79 Å². The van der Waals surface area contributed by atoms with Crippen LogP contribution in [0.5, 0.6) is 0 Å². The van der Waals surface area contributed by atoms with Gasteiger partial charge in [0.2, 0.25) is 0 Å². The van der Waals surface area contributed by atoms with Crippen molar-refractivity contribution in [3.63, 3.8) is 0 Å². The maximum Gasteiger partial charge on any atom is 0.306 e. The Morgan fingerprint density at radius 1 is 1.14 bits per heavy atom. The number of rotatable bonds is 4. The molecule has 144 valence electrons. The highest BCUT2D eigenvalue weighted by molar-refractivity contribution is 6.01. The Balaban J connectivity index is 1.89. The van der Waals surface area contributed by atoms with Gasteiger partial charge in [-0.1, -0.05) is 30.3 Å². The van der Waals surface area contributed by atoms with Crippen LogP contribution < -0.4 is 0 Å². The summed E-state index contributed by atoms with van der Waals surface area (Å²) in [7, 11) is 0. The number of fused-ring (bicyclic) bond motifs is 1. The van der Waals surface area contributed by atoms with Crippen molar-refractivity contribution in [3.05, 3.63) is 66.1 Å². The van der Waals surface area contributed by atoms with Gasteiger partial charge < -0.3 is 9.30 Å². The lowest BCUT2D eigenvalue weighted by molar-refractivity contribution is -0.150. The number of hydrogen-bond donors (Lipinski definition) is 0. The number of aromatic nitrogens is 1.